The monoisotopic (exact) mass is 260 g/mol. The molecule has 2 aromatic rings. The zero-order valence-corrected chi connectivity index (χ0v) is 11.6. The van der Waals surface area contributed by atoms with Crippen LogP contribution >= 0.6 is 0 Å². The maximum atomic E-state index is 11.4. The van der Waals surface area contributed by atoms with Crippen LogP contribution in [0.15, 0.2) is 24.3 Å². The van der Waals surface area contributed by atoms with Crippen molar-refractivity contribution < 1.29 is 9.90 Å². The van der Waals surface area contributed by atoms with Crippen molar-refractivity contribution in [3.63, 3.8) is 0 Å². The van der Waals surface area contributed by atoms with Crippen LogP contribution in [0, 0.1) is 5.41 Å². The van der Waals surface area contributed by atoms with Gasteiger partial charge in [0.05, 0.1) is 0 Å². The largest absolute Gasteiger partial charge is 0.478 e. The minimum Gasteiger partial charge on any atom is -0.478 e. The molecule has 0 aliphatic carbocycles. The molecule has 0 radical (unpaired) electrons. The van der Waals surface area contributed by atoms with Crippen LogP contribution in [0.5, 0.6) is 0 Å². The molecule has 102 valence electrons. The zero-order chi connectivity index (χ0) is 14.0. The number of benzene rings is 1. The molecule has 0 aliphatic rings. The number of carbonyl (C=O) groups is 1. The van der Waals surface area contributed by atoms with E-state index in [1.807, 2.05) is 24.3 Å². The van der Waals surface area contributed by atoms with Gasteiger partial charge < -0.3 is 15.4 Å². The molecule has 1 aromatic carbocycles. The normalized spacial score (nSPS) is 11.7. The van der Waals surface area contributed by atoms with E-state index in [2.05, 4.69) is 31.1 Å². The lowest BCUT2D eigenvalue weighted by molar-refractivity contribution is 0.0700. The maximum absolute atomic E-state index is 11.4. The number of aromatic nitrogens is 1. The van der Waals surface area contributed by atoms with Crippen molar-refractivity contribution in [1.29, 1.82) is 0 Å². The summed E-state index contributed by atoms with van der Waals surface area (Å²) in [7, 11) is 0. The van der Waals surface area contributed by atoms with Crippen LogP contribution in [-0.4, -0.2) is 22.6 Å². The molecule has 2 rings (SSSR count). The molecular formula is C15H20N2O2. The van der Waals surface area contributed by atoms with Gasteiger partial charge in [-0.3, -0.25) is 0 Å². The molecule has 19 heavy (non-hydrogen) atoms. The minimum absolute atomic E-state index is 0.132. The van der Waals surface area contributed by atoms with E-state index in [4.69, 9.17) is 0 Å². The molecule has 0 saturated heterocycles. The van der Waals surface area contributed by atoms with Crippen molar-refractivity contribution in [2.75, 3.05) is 11.9 Å². The number of carboxylic acids is 1. The van der Waals surface area contributed by atoms with E-state index in [1.165, 1.54) is 0 Å². The van der Waals surface area contributed by atoms with Gasteiger partial charge in [-0.15, -0.1) is 0 Å². The first-order valence-electron chi connectivity index (χ1n) is 6.52. The first-order valence-corrected chi connectivity index (χ1v) is 6.52. The molecule has 0 saturated carbocycles. The molecular weight excluding hydrogens is 240 g/mol. The van der Waals surface area contributed by atoms with Gasteiger partial charge in [0.15, 0.2) is 0 Å². The standard InChI is InChI=1S/C15H20N2O2/c1-4-15(2,3)9-16-13-12(14(18)19)10-7-5-6-8-11(10)17-13/h5-8,16-17H,4,9H2,1-3H3,(H,18,19). The zero-order valence-electron chi connectivity index (χ0n) is 11.6. The summed E-state index contributed by atoms with van der Waals surface area (Å²) in [6.45, 7) is 7.17. The summed E-state index contributed by atoms with van der Waals surface area (Å²) >= 11 is 0. The Bertz CT molecular complexity index is 599. The highest BCUT2D eigenvalue weighted by molar-refractivity contribution is 6.08. The summed E-state index contributed by atoms with van der Waals surface area (Å²) in [4.78, 5) is 14.6. The van der Waals surface area contributed by atoms with Crippen molar-refractivity contribution in [1.82, 2.24) is 4.98 Å². The third kappa shape index (κ3) is 2.72. The van der Waals surface area contributed by atoms with E-state index in [-0.39, 0.29) is 5.41 Å². The number of carboxylic acid groups (broad SMARTS) is 1. The SMILES string of the molecule is CCC(C)(C)CNc1[nH]c2ccccc2c1C(=O)O. The summed E-state index contributed by atoms with van der Waals surface area (Å²) in [5, 5.41) is 13.4. The second-order valence-corrected chi connectivity index (χ2v) is 5.60. The molecule has 1 heterocycles. The van der Waals surface area contributed by atoms with Crippen molar-refractivity contribution in [3.05, 3.63) is 29.8 Å². The van der Waals surface area contributed by atoms with Gasteiger partial charge in [-0.05, 0) is 17.9 Å². The quantitative estimate of drug-likeness (QED) is 0.767. The van der Waals surface area contributed by atoms with Crippen molar-refractivity contribution in [3.8, 4) is 0 Å². The van der Waals surface area contributed by atoms with E-state index in [9.17, 15) is 9.90 Å². The summed E-state index contributed by atoms with van der Waals surface area (Å²) in [6, 6.07) is 7.45. The van der Waals surface area contributed by atoms with Crippen LogP contribution in [0.2, 0.25) is 0 Å². The predicted molar refractivity (Wildman–Crippen MR) is 77.8 cm³/mol. The summed E-state index contributed by atoms with van der Waals surface area (Å²) in [6.07, 6.45) is 1.03. The number of nitrogens with one attached hydrogen (secondary N) is 2. The highest BCUT2D eigenvalue weighted by Gasteiger charge is 2.20. The van der Waals surface area contributed by atoms with E-state index in [0.717, 1.165) is 23.9 Å². The Morgan fingerprint density at radius 2 is 2.05 bits per heavy atom. The maximum Gasteiger partial charge on any atom is 0.340 e. The number of H-pyrrole nitrogens is 1. The molecule has 0 bridgehead atoms. The second kappa shape index (κ2) is 4.96. The summed E-state index contributed by atoms with van der Waals surface area (Å²) in [5.74, 6) is -0.315. The molecule has 0 fully saturated rings. The Morgan fingerprint density at radius 3 is 2.68 bits per heavy atom. The lowest BCUT2D eigenvalue weighted by Crippen LogP contribution is -2.22. The minimum atomic E-state index is -0.908. The number of para-hydroxylation sites is 1. The third-order valence-electron chi connectivity index (χ3n) is 3.62. The highest BCUT2D eigenvalue weighted by Crippen LogP contribution is 2.28. The van der Waals surface area contributed by atoms with Gasteiger partial charge in [-0.1, -0.05) is 39.0 Å². The molecule has 4 nitrogen and oxygen atoms in total. The molecule has 0 spiro atoms. The van der Waals surface area contributed by atoms with E-state index < -0.39 is 5.97 Å². The fourth-order valence-corrected chi connectivity index (χ4v) is 1.95. The van der Waals surface area contributed by atoms with Crippen LogP contribution in [0.3, 0.4) is 0 Å². The van der Waals surface area contributed by atoms with Gasteiger partial charge in [-0.2, -0.15) is 0 Å². The Labute approximate surface area is 112 Å². The Hall–Kier alpha value is -1.97. The lowest BCUT2D eigenvalue weighted by atomic mass is 9.90. The lowest BCUT2D eigenvalue weighted by Gasteiger charge is -2.23. The van der Waals surface area contributed by atoms with Crippen LogP contribution in [-0.2, 0) is 0 Å². The second-order valence-electron chi connectivity index (χ2n) is 5.60. The number of aromatic amines is 1. The Balaban J connectivity index is 2.37. The smallest absolute Gasteiger partial charge is 0.340 e. The average molecular weight is 260 g/mol. The van der Waals surface area contributed by atoms with Gasteiger partial charge in [-0.25, -0.2) is 4.79 Å². The fourth-order valence-electron chi connectivity index (χ4n) is 1.95. The van der Waals surface area contributed by atoms with Crippen LogP contribution in [0.1, 0.15) is 37.6 Å². The number of hydrogen-bond donors (Lipinski definition) is 3. The first kappa shape index (κ1) is 13.5. The van der Waals surface area contributed by atoms with Crippen LogP contribution < -0.4 is 5.32 Å². The molecule has 1 aromatic heterocycles. The number of aromatic carboxylic acids is 1. The highest BCUT2D eigenvalue weighted by atomic mass is 16.4. The summed E-state index contributed by atoms with van der Waals surface area (Å²) in [5.41, 5.74) is 1.30. The Morgan fingerprint density at radius 1 is 1.37 bits per heavy atom. The number of anilines is 1. The van der Waals surface area contributed by atoms with Crippen LogP contribution in [0.4, 0.5) is 5.82 Å². The number of hydrogen-bond acceptors (Lipinski definition) is 2. The average Bonchev–Trinajstić information content (AvgIpc) is 2.75. The van der Waals surface area contributed by atoms with E-state index in [0.29, 0.717) is 11.4 Å². The van der Waals surface area contributed by atoms with Gasteiger partial charge in [0.1, 0.15) is 11.4 Å². The third-order valence-corrected chi connectivity index (χ3v) is 3.62. The molecule has 0 aliphatic heterocycles. The van der Waals surface area contributed by atoms with Gasteiger partial charge in [0.2, 0.25) is 0 Å². The van der Waals surface area contributed by atoms with Gasteiger partial charge >= 0.3 is 5.97 Å². The van der Waals surface area contributed by atoms with Gasteiger partial charge in [0, 0.05) is 17.4 Å². The molecule has 0 unspecified atom stereocenters. The number of rotatable bonds is 5. The first-order chi connectivity index (χ1) is 8.94. The molecule has 0 atom stereocenters. The van der Waals surface area contributed by atoms with E-state index >= 15 is 0 Å². The Kier molecular flexibility index (Phi) is 3.51. The topological polar surface area (TPSA) is 65.1 Å². The summed E-state index contributed by atoms with van der Waals surface area (Å²) < 4.78 is 0. The molecule has 3 N–H and O–H groups in total. The molecule has 4 heteroatoms. The number of fused-ring (bicyclic) bond motifs is 1. The fraction of sp³-hybridized carbons (Fsp3) is 0.400. The van der Waals surface area contributed by atoms with Crippen LogP contribution in [0.25, 0.3) is 10.9 Å². The van der Waals surface area contributed by atoms with Crippen molar-refractivity contribution in [2.45, 2.75) is 27.2 Å². The van der Waals surface area contributed by atoms with Crippen molar-refractivity contribution >= 4 is 22.7 Å². The van der Waals surface area contributed by atoms with E-state index in [1.54, 1.807) is 0 Å². The van der Waals surface area contributed by atoms with Gasteiger partial charge in [0.25, 0.3) is 0 Å². The molecule has 0 amide bonds. The predicted octanol–water partition coefficient (Wildman–Crippen LogP) is 3.71. The van der Waals surface area contributed by atoms with Crippen molar-refractivity contribution in [2.24, 2.45) is 5.41 Å².